The van der Waals surface area contributed by atoms with Crippen molar-refractivity contribution in [2.45, 2.75) is 26.3 Å². The Morgan fingerprint density at radius 1 is 1.42 bits per heavy atom. The predicted octanol–water partition coefficient (Wildman–Crippen LogP) is 2.88. The van der Waals surface area contributed by atoms with Gasteiger partial charge < -0.3 is 10.6 Å². The number of hydrogen-bond donors (Lipinski definition) is 2. The van der Waals surface area contributed by atoms with Crippen LogP contribution < -0.4 is 10.6 Å². The highest BCUT2D eigenvalue weighted by atomic mass is 127. The van der Waals surface area contributed by atoms with Crippen molar-refractivity contribution in [3.05, 3.63) is 16.1 Å². The van der Waals surface area contributed by atoms with E-state index in [-0.39, 0.29) is 24.0 Å². The third kappa shape index (κ3) is 8.69. The second-order valence-electron chi connectivity index (χ2n) is 3.90. The van der Waals surface area contributed by atoms with Gasteiger partial charge in [-0.2, -0.15) is 11.8 Å². The van der Waals surface area contributed by atoms with Crippen LogP contribution in [0.15, 0.2) is 11.2 Å². The maximum absolute atomic E-state index is 4.23. The summed E-state index contributed by atoms with van der Waals surface area (Å²) in [5, 5.41) is 7.72. The van der Waals surface area contributed by atoms with E-state index >= 15 is 0 Å². The largest absolute Gasteiger partial charge is 0.356 e. The van der Waals surface area contributed by atoms with Gasteiger partial charge in [0.2, 0.25) is 0 Å². The van der Waals surface area contributed by atoms with Crippen molar-refractivity contribution in [2.75, 3.05) is 25.6 Å². The molecule has 7 heteroatoms. The van der Waals surface area contributed by atoms with Crippen molar-refractivity contribution in [2.24, 2.45) is 4.99 Å². The number of aromatic nitrogens is 1. The number of thiazole rings is 1. The van der Waals surface area contributed by atoms with Crippen LogP contribution in [0.1, 0.15) is 22.7 Å². The number of halogens is 1. The predicted molar refractivity (Wildman–Crippen MR) is 98.1 cm³/mol. The SMILES string of the molecule is CN=C(NCCCCSC)NCc1cnc(C)s1.I. The van der Waals surface area contributed by atoms with E-state index in [1.165, 1.54) is 23.5 Å². The van der Waals surface area contributed by atoms with Gasteiger partial charge >= 0.3 is 0 Å². The number of thioether (sulfide) groups is 1. The first-order chi connectivity index (χ1) is 8.76. The number of unbranched alkanes of at least 4 members (excludes halogenated alkanes) is 1. The molecule has 0 aromatic carbocycles. The van der Waals surface area contributed by atoms with Gasteiger partial charge in [-0.25, -0.2) is 4.98 Å². The molecule has 0 saturated carbocycles. The summed E-state index contributed by atoms with van der Waals surface area (Å²) in [5.74, 6) is 2.10. The molecule has 0 unspecified atom stereocenters. The van der Waals surface area contributed by atoms with E-state index < -0.39 is 0 Å². The van der Waals surface area contributed by atoms with E-state index in [1.54, 1.807) is 18.4 Å². The number of rotatable bonds is 7. The highest BCUT2D eigenvalue weighted by Gasteiger charge is 2.00. The van der Waals surface area contributed by atoms with Crippen LogP contribution in [-0.4, -0.2) is 36.5 Å². The van der Waals surface area contributed by atoms with Gasteiger partial charge in [-0.15, -0.1) is 35.3 Å². The molecule has 0 aliphatic carbocycles. The van der Waals surface area contributed by atoms with E-state index in [1.807, 2.05) is 24.9 Å². The summed E-state index contributed by atoms with van der Waals surface area (Å²) in [6.07, 6.45) is 6.49. The standard InChI is InChI=1S/C12H22N4S2.HI/c1-10-15-8-11(18-10)9-16-12(13-2)14-6-4-5-7-17-3;/h8H,4-7,9H2,1-3H3,(H2,13,14,16);1H. The molecule has 19 heavy (non-hydrogen) atoms. The topological polar surface area (TPSA) is 49.3 Å². The summed E-state index contributed by atoms with van der Waals surface area (Å²) in [6.45, 7) is 3.78. The van der Waals surface area contributed by atoms with Crippen LogP contribution in [0.2, 0.25) is 0 Å². The number of hydrogen-bond acceptors (Lipinski definition) is 4. The average molecular weight is 414 g/mol. The fourth-order valence-corrected chi connectivity index (χ4v) is 2.68. The minimum Gasteiger partial charge on any atom is -0.356 e. The third-order valence-corrected chi connectivity index (χ3v) is 4.00. The number of nitrogens with zero attached hydrogens (tertiary/aromatic N) is 2. The summed E-state index contributed by atoms with van der Waals surface area (Å²) in [6, 6.07) is 0. The smallest absolute Gasteiger partial charge is 0.191 e. The first kappa shape index (κ1) is 19.0. The minimum absolute atomic E-state index is 0. The van der Waals surface area contributed by atoms with E-state index in [4.69, 9.17) is 0 Å². The van der Waals surface area contributed by atoms with Gasteiger partial charge in [0.25, 0.3) is 0 Å². The van der Waals surface area contributed by atoms with E-state index in [0.717, 1.165) is 24.1 Å². The van der Waals surface area contributed by atoms with E-state index in [0.29, 0.717) is 0 Å². The molecule has 0 aliphatic heterocycles. The zero-order valence-electron chi connectivity index (χ0n) is 11.7. The molecule has 1 heterocycles. The lowest BCUT2D eigenvalue weighted by molar-refractivity contribution is 0.734. The van der Waals surface area contributed by atoms with Crippen molar-refractivity contribution >= 4 is 53.0 Å². The second kappa shape index (κ2) is 11.8. The fourth-order valence-electron chi connectivity index (χ4n) is 1.46. The van der Waals surface area contributed by atoms with Crippen molar-refractivity contribution < 1.29 is 0 Å². The molecule has 0 atom stereocenters. The first-order valence-corrected chi connectivity index (χ1v) is 8.32. The van der Waals surface area contributed by atoms with Crippen molar-refractivity contribution in [3.8, 4) is 0 Å². The zero-order valence-corrected chi connectivity index (χ0v) is 15.7. The molecule has 110 valence electrons. The molecule has 1 aromatic heterocycles. The van der Waals surface area contributed by atoms with Gasteiger partial charge in [0, 0.05) is 24.7 Å². The molecular weight excluding hydrogens is 391 g/mol. The van der Waals surface area contributed by atoms with Crippen LogP contribution in [0.4, 0.5) is 0 Å². The fraction of sp³-hybridized carbons (Fsp3) is 0.667. The molecule has 2 N–H and O–H groups in total. The van der Waals surface area contributed by atoms with E-state index in [9.17, 15) is 0 Å². The summed E-state index contributed by atoms with van der Waals surface area (Å²) < 4.78 is 0. The highest BCUT2D eigenvalue weighted by molar-refractivity contribution is 14.0. The van der Waals surface area contributed by atoms with E-state index in [2.05, 4.69) is 26.9 Å². The Kier molecular flexibility index (Phi) is 11.8. The average Bonchev–Trinajstić information content (AvgIpc) is 2.78. The maximum atomic E-state index is 4.23. The molecule has 0 amide bonds. The Hall–Kier alpha value is -0.0200. The lowest BCUT2D eigenvalue weighted by atomic mass is 10.3. The molecule has 0 bridgehead atoms. The molecular formula is C12H23IN4S2. The van der Waals surface area contributed by atoms with Crippen LogP contribution in [0.5, 0.6) is 0 Å². The summed E-state index contributed by atoms with van der Waals surface area (Å²) >= 11 is 3.61. The number of aliphatic imine (C=N–C) groups is 1. The van der Waals surface area contributed by atoms with Gasteiger partial charge in [0.1, 0.15) is 0 Å². The second-order valence-corrected chi connectivity index (χ2v) is 6.20. The number of guanidine groups is 1. The van der Waals surface area contributed by atoms with Gasteiger partial charge in [0.15, 0.2) is 5.96 Å². The Labute approximate surface area is 141 Å². The van der Waals surface area contributed by atoms with Crippen LogP contribution >= 0.6 is 47.1 Å². The molecule has 0 radical (unpaired) electrons. The lowest BCUT2D eigenvalue weighted by Crippen LogP contribution is -2.37. The van der Waals surface area contributed by atoms with Gasteiger partial charge in [0.05, 0.1) is 11.6 Å². The Balaban J connectivity index is 0.00000324. The monoisotopic (exact) mass is 414 g/mol. The molecule has 0 fully saturated rings. The first-order valence-electron chi connectivity index (χ1n) is 6.11. The van der Waals surface area contributed by atoms with Crippen molar-refractivity contribution in [3.63, 3.8) is 0 Å². The molecule has 0 aliphatic rings. The highest BCUT2D eigenvalue weighted by Crippen LogP contribution is 2.10. The molecule has 0 saturated heterocycles. The molecule has 4 nitrogen and oxygen atoms in total. The quantitative estimate of drug-likeness (QED) is 0.312. The summed E-state index contributed by atoms with van der Waals surface area (Å²) in [4.78, 5) is 9.67. The maximum Gasteiger partial charge on any atom is 0.191 e. The van der Waals surface area contributed by atoms with Gasteiger partial charge in [-0.1, -0.05) is 0 Å². The Bertz CT molecular complexity index is 368. The molecule has 1 aromatic rings. The molecule has 0 spiro atoms. The van der Waals surface area contributed by atoms with Crippen LogP contribution in [0.25, 0.3) is 0 Å². The zero-order chi connectivity index (χ0) is 13.2. The van der Waals surface area contributed by atoms with Gasteiger partial charge in [-0.05, 0) is 31.8 Å². The lowest BCUT2D eigenvalue weighted by Gasteiger charge is -2.10. The normalized spacial score (nSPS) is 11.0. The molecule has 1 rings (SSSR count). The van der Waals surface area contributed by atoms with Crippen molar-refractivity contribution in [1.29, 1.82) is 0 Å². The number of aryl methyl sites for hydroxylation is 1. The Morgan fingerprint density at radius 3 is 2.79 bits per heavy atom. The third-order valence-electron chi connectivity index (χ3n) is 2.39. The summed E-state index contributed by atoms with van der Waals surface area (Å²) in [5.41, 5.74) is 0. The van der Waals surface area contributed by atoms with Crippen LogP contribution in [-0.2, 0) is 6.54 Å². The minimum atomic E-state index is 0. The summed E-state index contributed by atoms with van der Waals surface area (Å²) in [7, 11) is 1.80. The Morgan fingerprint density at radius 2 is 2.21 bits per heavy atom. The van der Waals surface area contributed by atoms with Crippen LogP contribution in [0, 0.1) is 6.92 Å². The van der Waals surface area contributed by atoms with Crippen molar-refractivity contribution in [1.82, 2.24) is 15.6 Å². The van der Waals surface area contributed by atoms with Crippen LogP contribution in [0.3, 0.4) is 0 Å². The van der Waals surface area contributed by atoms with Gasteiger partial charge in [-0.3, -0.25) is 4.99 Å². The number of nitrogens with one attached hydrogen (secondary N) is 2.